The predicted molar refractivity (Wildman–Crippen MR) is 124 cm³/mol. The van der Waals surface area contributed by atoms with E-state index in [-0.39, 0.29) is 24.0 Å². The number of likely N-dealkylation sites (tertiary alicyclic amines) is 2. The number of hydrogen-bond donors (Lipinski definition) is 1. The summed E-state index contributed by atoms with van der Waals surface area (Å²) in [6, 6.07) is 0. The minimum atomic E-state index is 0. The van der Waals surface area contributed by atoms with Crippen molar-refractivity contribution >= 4 is 29.9 Å². The van der Waals surface area contributed by atoms with E-state index in [9.17, 15) is 0 Å². The summed E-state index contributed by atoms with van der Waals surface area (Å²) in [7, 11) is 2.23. The molecule has 0 bridgehead atoms. The van der Waals surface area contributed by atoms with Crippen LogP contribution in [0.3, 0.4) is 0 Å². The maximum absolute atomic E-state index is 6.23. The van der Waals surface area contributed by atoms with Crippen molar-refractivity contribution < 1.29 is 4.74 Å². The van der Waals surface area contributed by atoms with Crippen molar-refractivity contribution in [3.63, 3.8) is 0 Å². The zero-order chi connectivity index (χ0) is 18.2. The molecule has 27 heavy (non-hydrogen) atoms. The van der Waals surface area contributed by atoms with Crippen molar-refractivity contribution in [3.05, 3.63) is 0 Å². The Balaban J connectivity index is 0.00000261. The van der Waals surface area contributed by atoms with Crippen LogP contribution in [0.4, 0.5) is 0 Å². The first kappa shape index (κ1) is 23.2. The molecule has 1 aliphatic carbocycles. The summed E-state index contributed by atoms with van der Waals surface area (Å²) in [6.07, 6.45) is 11.0. The fourth-order valence-corrected chi connectivity index (χ4v) is 4.75. The van der Waals surface area contributed by atoms with E-state index in [4.69, 9.17) is 9.73 Å². The smallest absolute Gasteiger partial charge is 0.193 e. The molecule has 1 atom stereocenters. The van der Waals surface area contributed by atoms with Crippen molar-refractivity contribution in [1.29, 1.82) is 0 Å². The van der Waals surface area contributed by atoms with Gasteiger partial charge < -0.3 is 19.9 Å². The Labute approximate surface area is 183 Å². The van der Waals surface area contributed by atoms with Gasteiger partial charge in [-0.05, 0) is 70.9 Å². The molecule has 1 unspecified atom stereocenters. The standard InChI is InChI=1S/C21H40N4O.HI/c1-3-22-21(23-15-19-9-6-12-24(2)16-19)25-13-10-20(11-14-25)26-17-18-7-4-5-8-18;/h18-20H,3-17H2,1-2H3,(H,22,23);1H. The molecule has 6 heteroatoms. The SMILES string of the molecule is CCNC(=NCC1CCCN(C)C1)N1CCC(OCC2CCCC2)CC1.I. The van der Waals surface area contributed by atoms with Gasteiger partial charge in [0.05, 0.1) is 6.10 Å². The maximum Gasteiger partial charge on any atom is 0.193 e. The van der Waals surface area contributed by atoms with Crippen LogP contribution in [0.15, 0.2) is 4.99 Å². The average Bonchev–Trinajstić information content (AvgIpc) is 3.18. The molecule has 3 fully saturated rings. The molecular weight excluding hydrogens is 451 g/mol. The number of rotatable bonds is 6. The van der Waals surface area contributed by atoms with Crippen LogP contribution in [-0.2, 0) is 4.74 Å². The zero-order valence-corrected chi connectivity index (χ0v) is 19.8. The van der Waals surface area contributed by atoms with Gasteiger partial charge in [-0.3, -0.25) is 4.99 Å². The number of piperidine rings is 2. The van der Waals surface area contributed by atoms with Gasteiger partial charge >= 0.3 is 0 Å². The number of aliphatic imine (C=N–C) groups is 1. The van der Waals surface area contributed by atoms with Crippen LogP contribution in [0.2, 0.25) is 0 Å². The second-order valence-corrected chi connectivity index (χ2v) is 8.64. The molecule has 5 nitrogen and oxygen atoms in total. The maximum atomic E-state index is 6.23. The molecule has 2 aliphatic heterocycles. The van der Waals surface area contributed by atoms with Crippen LogP contribution < -0.4 is 5.32 Å². The van der Waals surface area contributed by atoms with Crippen LogP contribution in [0.5, 0.6) is 0 Å². The van der Waals surface area contributed by atoms with E-state index in [0.717, 1.165) is 63.4 Å². The van der Waals surface area contributed by atoms with Gasteiger partial charge in [-0.2, -0.15) is 0 Å². The van der Waals surface area contributed by atoms with Gasteiger partial charge in [-0.1, -0.05) is 12.8 Å². The van der Waals surface area contributed by atoms with Crippen LogP contribution in [0.25, 0.3) is 0 Å². The van der Waals surface area contributed by atoms with Crippen LogP contribution in [0, 0.1) is 11.8 Å². The van der Waals surface area contributed by atoms with Gasteiger partial charge in [0.15, 0.2) is 5.96 Å². The summed E-state index contributed by atoms with van der Waals surface area (Å²) < 4.78 is 6.23. The normalized spacial score (nSPS) is 26.2. The van der Waals surface area contributed by atoms with Crippen molar-refractivity contribution in [1.82, 2.24) is 15.1 Å². The molecule has 0 radical (unpaired) electrons. The Hall–Kier alpha value is -0.0800. The number of guanidine groups is 1. The van der Waals surface area contributed by atoms with Crippen molar-refractivity contribution in [2.45, 2.75) is 64.4 Å². The van der Waals surface area contributed by atoms with Crippen LogP contribution >= 0.6 is 24.0 Å². The lowest BCUT2D eigenvalue weighted by molar-refractivity contribution is 0.000998. The third kappa shape index (κ3) is 7.69. The molecule has 2 saturated heterocycles. The predicted octanol–water partition coefficient (Wildman–Crippen LogP) is 3.58. The van der Waals surface area contributed by atoms with Gasteiger partial charge in [0.1, 0.15) is 0 Å². The Morgan fingerprint density at radius 3 is 2.37 bits per heavy atom. The van der Waals surface area contributed by atoms with Crippen LogP contribution in [0.1, 0.15) is 58.3 Å². The minimum Gasteiger partial charge on any atom is -0.378 e. The molecular formula is C21H41IN4O. The first-order chi connectivity index (χ1) is 12.7. The highest BCUT2D eigenvalue weighted by Crippen LogP contribution is 2.26. The largest absolute Gasteiger partial charge is 0.378 e. The minimum absolute atomic E-state index is 0. The fourth-order valence-electron chi connectivity index (χ4n) is 4.75. The van der Waals surface area contributed by atoms with Crippen molar-refractivity contribution in [2.24, 2.45) is 16.8 Å². The highest BCUT2D eigenvalue weighted by atomic mass is 127. The molecule has 3 rings (SSSR count). The van der Waals surface area contributed by atoms with Crippen LogP contribution in [-0.4, -0.2) is 74.8 Å². The second-order valence-electron chi connectivity index (χ2n) is 8.64. The summed E-state index contributed by atoms with van der Waals surface area (Å²) in [6.45, 7) is 9.66. The molecule has 1 saturated carbocycles. The first-order valence-corrected chi connectivity index (χ1v) is 11.1. The number of halogens is 1. The Kier molecular flexibility index (Phi) is 10.7. The molecule has 0 amide bonds. The monoisotopic (exact) mass is 492 g/mol. The zero-order valence-electron chi connectivity index (χ0n) is 17.5. The topological polar surface area (TPSA) is 40.1 Å². The molecule has 0 aromatic heterocycles. The number of nitrogens with zero attached hydrogens (tertiary/aromatic N) is 3. The molecule has 158 valence electrons. The van der Waals surface area contributed by atoms with E-state index in [1.54, 1.807) is 0 Å². The van der Waals surface area contributed by atoms with E-state index in [1.165, 1.54) is 51.6 Å². The van der Waals surface area contributed by atoms with Gasteiger partial charge in [0.2, 0.25) is 0 Å². The van der Waals surface area contributed by atoms with Crippen molar-refractivity contribution in [2.75, 3.05) is 52.9 Å². The Bertz CT molecular complexity index is 434. The lowest BCUT2D eigenvalue weighted by atomic mass is 9.99. The molecule has 1 N–H and O–H groups in total. The summed E-state index contributed by atoms with van der Waals surface area (Å²) in [5.74, 6) is 2.67. The van der Waals surface area contributed by atoms with E-state index >= 15 is 0 Å². The number of hydrogen-bond acceptors (Lipinski definition) is 3. The lowest BCUT2D eigenvalue weighted by Crippen LogP contribution is -2.47. The summed E-state index contributed by atoms with van der Waals surface area (Å²) in [4.78, 5) is 9.89. The lowest BCUT2D eigenvalue weighted by Gasteiger charge is -2.35. The fraction of sp³-hybridized carbons (Fsp3) is 0.952. The highest BCUT2D eigenvalue weighted by Gasteiger charge is 2.24. The number of ether oxygens (including phenoxy) is 1. The second kappa shape index (κ2) is 12.5. The quantitative estimate of drug-likeness (QED) is 0.350. The first-order valence-electron chi connectivity index (χ1n) is 11.1. The van der Waals surface area contributed by atoms with Gasteiger partial charge in [-0.15, -0.1) is 24.0 Å². The van der Waals surface area contributed by atoms with E-state index in [0.29, 0.717) is 6.10 Å². The molecule has 3 aliphatic rings. The number of nitrogens with one attached hydrogen (secondary N) is 1. The van der Waals surface area contributed by atoms with E-state index in [1.807, 2.05) is 0 Å². The molecule has 2 heterocycles. The average molecular weight is 492 g/mol. The third-order valence-corrected chi connectivity index (χ3v) is 6.34. The molecule has 0 aromatic carbocycles. The van der Waals surface area contributed by atoms with Gasteiger partial charge in [0.25, 0.3) is 0 Å². The Morgan fingerprint density at radius 1 is 1.00 bits per heavy atom. The Morgan fingerprint density at radius 2 is 1.70 bits per heavy atom. The van der Waals surface area contributed by atoms with E-state index in [2.05, 4.69) is 29.1 Å². The molecule has 0 aromatic rings. The van der Waals surface area contributed by atoms with E-state index < -0.39 is 0 Å². The third-order valence-electron chi connectivity index (χ3n) is 6.34. The van der Waals surface area contributed by atoms with Crippen molar-refractivity contribution in [3.8, 4) is 0 Å². The summed E-state index contributed by atoms with van der Waals surface area (Å²) >= 11 is 0. The summed E-state index contributed by atoms with van der Waals surface area (Å²) in [5, 5.41) is 3.52. The summed E-state index contributed by atoms with van der Waals surface area (Å²) in [5.41, 5.74) is 0. The van der Waals surface area contributed by atoms with Gasteiger partial charge in [-0.25, -0.2) is 0 Å². The highest BCUT2D eigenvalue weighted by molar-refractivity contribution is 14.0. The van der Waals surface area contributed by atoms with Gasteiger partial charge in [0, 0.05) is 39.3 Å². The molecule has 0 spiro atoms.